The quantitative estimate of drug-likeness (QED) is 0.349. The lowest BCUT2D eigenvalue weighted by Crippen LogP contribution is -2.60. The third-order valence-corrected chi connectivity index (χ3v) is 9.55. The summed E-state index contributed by atoms with van der Waals surface area (Å²) in [6, 6.07) is 11.7. The highest BCUT2D eigenvalue weighted by atomic mass is 79.9. The van der Waals surface area contributed by atoms with Crippen LogP contribution in [0.2, 0.25) is 0 Å². The minimum atomic E-state index is -4.53. The van der Waals surface area contributed by atoms with Gasteiger partial charge in [-0.15, -0.1) is 0 Å². The highest BCUT2D eigenvalue weighted by molar-refractivity contribution is 9.10. The van der Waals surface area contributed by atoms with Crippen molar-refractivity contribution in [2.24, 2.45) is 5.73 Å². The SMILES string of the molecule is CC(C)Oc1ccc2cc(S(=O)(=O)NC(C(=O)N3C4CCC3CC(N)C4)C(F)(F)c3ccc(Br)cc3)ccc2c1. The van der Waals surface area contributed by atoms with Crippen LogP contribution in [-0.4, -0.2) is 49.5 Å². The Morgan fingerprint density at radius 3 is 2.25 bits per heavy atom. The maximum Gasteiger partial charge on any atom is 0.298 e. The molecule has 11 heteroatoms. The Balaban J connectivity index is 1.50. The molecule has 40 heavy (non-hydrogen) atoms. The fourth-order valence-electron chi connectivity index (χ4n) is 5.78. The summed E-state index contributed by atoms with van der Waals surface area (Å²) in [6.45, 7) is 3.80. The van der Waals surface area contributed by atoms with Gasteiger partial charge in [0.2, 0.25) is 15.9 Å². The first-order chi connectivity index (χ1) is 18.8. The second-order valence-electron chi connectivity index (χ2n) is 10.9. The van der Waals surface area contributed by atoms with Crippen LogP contribution in [0.1, 0.15) is 45.1 Å². The van der Waals surface area contributed by atoms with Gasteiger partial charge in [-0.3, -0.25) is 4.79 Å². The van der Waals surface area contributed by atoms with Gasteiger partial charge in [0.15, 0.2) is 6.04 Å². The zero-order chi connectivity index (χ0) is 28.8. The van der Waals surface area contributed by atoms with E-state index in [0.29, 0.717) is 41.3 Å². The van der Waals surface area contributed by atoms with Crippen molar-refractivity contribution in [1.29, 1.82) is 0 Å². The van der Waals surface area contributed by atoms with Gasteiger partial charge in [0.25, 0.3) is 5.92 Å². The molecule has 0 saturated carbocycles. The molecule has 7 nitrogen and oxygen atoms in total. The van der Waals surface area contributed by atoms with Gasteiger partial charge in [-0.1, -0.05) is 40.2 Å². The van der Waals surface area contributed by atoms with Gasteiger partial charge >= 0.3 is 0 Å². The van der Waals surface area contributed by atoms with Crippen molar-refractivity contribution in [2.75, 3.05) is 0 Å². The summed E-state index contributed by atoms with van der Waals surface area (Å²) in [5.74, 6) is -4.14. The third kappa shape index (κ3) is 5.74. The second kappa shape index (κ2) is 11.0. The van der Waals surface area contributed by atoms with Crippen molar-refractivity contribution in [3.05, 3.63) is 70.7 Å². The number of piperidine rings is 1. The van der Waals surface area contributed by atoms with Gasteiger partial charge in [0.05, 0.1) is 11.0 Å². The summed E-state index contributed by atoms with van der Waals surface area (Å²) in [7, 11) is -4.53. The van der Waals surface area contributed by atoms with E-state index in [1.165, 1.54) is 41.3 Å². The number of nitrogens with one attached hydrogen (secondary N) is 1. The van der Waals surface area contributed by atoms with Crippen molar-refractivity contribution < 1.29 is 26.7 Å². The van der Waals surface area contributed by atoms with Crippen LogP contribution in [0.4, 0.5) is 8.78 Å². The van der Waals surface area contributed by atoms with Crippen molar-refractivity contribution >= 4 is 42.6 Å². The first-order valence-corrected chi connectivity index (χ1v) is 15.6. The summed E-state index contributed by atoms with van der Waals surface area (Å²) in [5, 5.41) is 1.32. The van der Waals surface area contributed by atoms with Crippen LogP contribution in [0.3, 0.4) is 0 Å². The van der Waals surface area contributed by atoms with E-state index in [1.54, 1.807) is 24.3 Å². The van der Waals surface area contributed by atoms with Crippen molar-refractivity contribution in [3.8, 4) is 5.75 Å². The molecule has 2 bridgehead atoms. The fourth-order valence-corrected chi connectivity index (χ4v) is 7.27. The predicted octanol–water partition coefficient (Wildman–Crippen LogP) is 5.31. The van der Waals surface area contributed by atoms with E-state index in [-0.39, 0.29) is 29.1 Å². The maximum absolute atomic E-state index is 16.1. The monoisotopic (exact) mass is 635 g/mol. The molecule has 214 valence electrons. The Morgan fingerprint density at radius 1 is 1.02 bits per heavy atom. The van der Waals surface area contributed by atoms with Crippen LogP contribution in [0.25, 0.3) is 10.8 Å². The number of sulfonamides is 1. The molecule has 0 spiro atoms. The molecular weight excluding hydrogens is 604 g/mol. The lowest BCUT2D eigenvalue weighted by molar-refractivity contribution is -0.149. The Morgan fingerprint density at radius 2 is 1.62 bits per heavy atom. The number of amides is 1. The number of ether oxygens (including phenoxy) is 1. The molecule has 3 unspecified atom stereocenters. The number of hydrogen-bond acceptors (Lipinski definition) is 5. The minimum absolute atomic E-state index is 0.0333. The number of hydrogen-bond donors (Lipinski definition) is 2. The van der Waals surface area contributed by atoms with E-state index in [2.05, 4.69) is 20.7 Å². The van der Waals surface area contributed by atoms with Gasteiger partial charge in [0.1, 0.15) is 5.75 Å². The lowest BCUT2D eigenvalue weighted by atomic mass is 9.95. The highest BCUT2D eigenvalue weighted by Crippen LogP contribution is 2.40. The molecular formula is C29H32BrF2N3O4S. The van der Waals surface area contributed by atoms with E-state index in [9.17, 15) is 13.2 Å². The maximum atomic E-state index is 16.1. The highest BCUT2D eigenvalue weighted by Gasteiger charge is 2.53. The lowest BCUT2D eigenvalue weighted by Gasteiger charge is -2.41. The molecule has 3 aromatic rings. The fraction of sp³-hybridized carbons (Fsp3) is 0.414. The van der Waals surface area contributed by atoms with Crippen LogP contribution in [0.5, 0.6) is 5.75 Å². The largest absolute Gasteiger partial charge is 0.491 e. The molecule has 1 amide bonds. The van der Waals surface area contributed by atoms with E-state index >= 15 is 8.78 Å². The molecule has 2 fully saturated rings. The van der Waals surface area contributed by atoms with Gasteiger partial charge in [-0.25, -0.2) is 8.42 Å². The number of fused-ring (bicyclic) bond motifs is 3. The molecule has 2 heterocycles. The minimum Gasteiger partial charge on any atom is -0.491 e. The average Bonchev–Trinajstić information content (AvgIpc) is 3.17. The summed E-state index contributed by atoms with van der Waals surface area (Å²) < 4.78 is 67.8. The normalized spacial score (nSPS) is 22.1. The van der Waals surface area contributed by atoms with Gasteiger partial charge in [-0.2, -0.15) is 13.5 Å². The standard InChI is InChI=1S/C29H32BrF2N3O4S/c1-17(2)39-25-11-3-19-14-26(12-4-18(19)13-25)40(37,38)34-27(29(31,32)20-5-7-21(30)8-6-20)28(36)35-23-9-10-24(35)16-22(33)15-23/h3-8,11-14,17,22-24,27,34H,9-10,15-16,33H2,1-2H3. The predicted molar refractivity (Wildman–Crippen MR) is 153 cm³/mol. The number of nitrogens with two attached hydrogens (primary N) is 1. The molecule has 2 aliphatic rings. The molecule has 3 aromatic carbocycles. The summed E-state index contributed by atoms with van der Waals surface area (Å²) >= 11 is 3.23. The first-order valence-electron chi connectivity index (χ1n) is 13.3. The Bertz CT molecular complexity index is 1500. The average molecular weight is 637 g/mol. The molecule has 0 aliphatic carbocycles. The Kier molecular flexibility index (Phi) is 7.95. The molecule has 3 N–H and O–H groups in total. The van der Waals surface area contributed by atoms with E-state index < -0.39 is 33.5 Å². The number of rotatable bonds is 8. The number of alkyl halides is 2. The van der Waals surface area contributed by atoms with Crippen LogP contribution in [0, 0.1) is 0 Å². The van der Waals surface area contributed by atoms with Crippen LogP contribution in [-0.2, 0) is 20.7 Å². The van der Waals surface area contributed by atoms with Crippen LogP contribution in [0.15, 0.2) is 70.0 Å². The Hall–Kier alpha value is -2.60. The topological polar surface area (TPSA) is 102 Å². The molecule has 2 aliphatic heterocycles. The number of halogens is 3. The zero-order valence-corrected chi connectivity index (χ0v) is 24.6. The number of nitrogens with zero attached hydrogens (tertiary/aromatic N) is 1. The first kappa shape index (κ1) is 28.9. The molecule has 3 atom stereocenters. The zero-order valence-electron chi connectivity index (χ0n) is 22.2. The number of benzene rings is 3. The van der Waals surface area contributed by atoms with E-state index in [4.69, 9.17) is 10.5 Å². The number of carbonyl (C=O) groups is 1. The van der Waals surface area contributed by atoms with Crippen molar-refractivity contribution in [2.45, 2.75) is 80.6 Å². The second-order valence-corrected chi connectivity index (χ2v) is 13.5. The smallest absolute Gasteiger partial charge is 0.298 e. The van der Waals surface area contributed by atoms with E-state index in [1.807, 2.05) is 13.8 Å². The third-order valence-electron chi connectivity index (χ3n) is 7.60. The van der Waals surface area contributed by atoms with Gasteiger partial charge < -0.3 is 15.4 Å². The summed E-state index contributed by atoms with van der Waals surface area (Å²) in [6.07, 6.45) is 2.27. The van der Waals surface area contributed by atoms with Gasteiger partial charge in [0, 0.05) is 28.2 Å². The van der Waals surface area contributed by atoms with Crippen molar-refractivity contribution in [3.63, 3.8) is 0 Å². The van der Waals surface area contributed by atoms with Crippen molar-refractivity contribution in [1.82, 2.24) is 9.62 Å². The van der Waals surface area contributed by atoms with Crippen LogP contribution >= 0.6 is 15.9 Å². The number of carbonyl (C=O) groups excluding carboxylic acids is 1. The Labute approximate surface area is 241 Å². The van der Waals surface area contributed by atoms with Crippen LogP contribution < -0.4 is 15.2 Å². The van der Waals surface area contributed by atoms with Gasteiger partial charge in [-0.05, 0) is 86.7 Å². The summed E-state index contributed by atoms with van der Waals surface area (Å²) in [5.41, 5.74) is 5.67. The molecule has 0 radical (unpaired) electrons. The molecule has 2 saturated heterocycles. The molecule has 0 aromatic heterocycles. The van der Waals surface area contributed by atoms with E-state index in [0.717, 1.165) is 5.39 Å². The summed E-state index contributed by atoms with van der Waals surface area (Å²) in [4.78, 5) is 15.1. The molecule has 5 rings (SSSR count).